The van der Waals surface area contributed by atoms with Gasteiger partial charge in [-0.25, -0.2) is 9.59 Å². The second kappa shape index (κ2) is 7.55. The molecule has 0 aliphatic carbocycles. The molecule has 0 bridgehead atoms. The number of carbonyl (C=O) groups excluding carboxylic acids is 3. The monoisotopic (exact) mass is 348 g/mol. The molecule has 1 heterocycles. The van der Waals surface area contributed by atoms with Crippen molar-refractivity contribution in [1.82, 2.24) is 10.2 Å². The van der Waals surface area contributed by atoms with Crippen LogP contribution in [0.25, 0.3) is 0 Å². The minimum Gasteiger partial charge on any atom is -0.467 e. The van der Waals surface area contributed by atoms with Crippen molar-refractivity contribution in [3.8, 4) is 0 Å². The van der Waals surface area contributed by atoms with Gasteiger partial charge in [0, 0.05) is 6.42 Å². The second-order valence-electron chi connectivity index (χ2n) is 6.92. The van der Waals surface area contributed by atoms with Crippen LogP contribution in [0, 0.1) is 0 Å². The molecule has 1 fully saturated rings. The number of rotatable bonds is 5. The molecule has 7 heteroatoms. The molecule has 1 aromatic carbocycles. The predicted molar refractivity (Wildman–Crippen MR) is 90.8 cm³/mol. The SMILES string of the molecule is COC(=O)[C@H](Cc1ccccc1)NC(=O)[C@@H]1CN1C(=O)OC(C)(C)C. The highest BCUT2D eigenvalue weighted by Gasteiger charge is 2.47. The second-order valence-corrected chi connectivity index (χ2v) is 6.92. The molecule has 0 spiro atoms. The van der Waals surface area contributed by atoms with Gasteiger partial charge in [0.1, 0.15) is 17.7 Å². The molecule has 1 aliphatic heterocycles. The zero-order valence-corrected chi connectivity index (χ0v) is 14.9. The Morgan fingerprint density at radius 2 is 1.88 bits per heavy atom. The normalized spacial score (nSPS) is 17.4. The van der Waals surface area contributed by atoms with Crippen LogP contribution < -0.4 is 5.32 Å². The van der Waals surface area contributed by atoms with Crippen molar-refractivity contribution < 1.29 is 23.9 Å². The van der Waals surface area contributed by atoms with Crippen LogP contribution in [-0.4, -0.2) is 54.2 Å². The molecule has 7 nitrogen and oxygen atoms in total. The topological polar surface area (TPSA) is 84.7 Å². The van der Waals surface area contributed by atoms with Gasteiger partial charge >= 0.3 is 12.1 Å². The zero-order valence-electron chi connectivity index (χ0n) is 14.9. The number of ether oxygens (including phenoxy) is 2. The summed E-state index contributed by atoms with van der Waals surface area (Å²) in [7, 11) is 1.27. The molecule has 0 aromatic heterocycles. The molecule has 0 saturated carbocycles. The highest BCUT2D eigenvalue weighted by Crippen LogP contribution is 2.22. The molecule has 25 heavy (non-hydrogen) atoms. The van der Waals surface area contributed by atoms with Gasteiger partial charge in [-0.2, -0.15) is 0 Å². The zero-order chi connectivity index (χ0) is 18.6. The third kappa shape index (κ3) is 5.48. The van der Waals surface area contributed by atoms with Crippen LogP contribution >= 0.6 is 0 Å². The Morgan fingerprint density at radius 1 is 1.24 bits per heavy atom. The Labute approximate surface area is 147 Å². The van der Waals surface area contributed by atoms with E-state index in [0.29, 0.717) is 6.42 Å². The minimum atomic E-state index is -0.805. The minimum absolute atomic E-state index is 0.278. The summed E-state index contributed by atoms with van der Waals surface area (Å²) < 4.78 is 9.99. The Balaban J connectivity index is 1.94. The van der Waals surface area contributed by atoms with E-state index < -0.39 is 35.7 Å². The van der Waals surface area contributed by atoms with Crippen molar-refractivity contribution in [1.29, 1.82) is 0 Å². The summed E-state index contributed by atoms with van der Waals surface area (Å²) in [6, 6.07) is 7.91. The van der Waals surface area contributed by atoms with E-state index in [0.717, 1.165) is 5.56 Å². The Bertz CT molecular complexity index is 639. The maximum absolute atomic E-state index is 12.3. The largest absolute Gasteiger partial charge is 0.467 e. The first-order chi connectivity index (χ1) is 11.7. The first-order valence-corrected chi connectivity index (χ1v) is 8.13. The number of esters is 1. The average Bonchev–Trinajstić information content (AvgIpc) is 3.33. The molecule has 2 rings (SSSR count). The molecule has 2 amide bonds. The summed E-state index contributed by atoms with van der Waals surface area (Å²) in [5.41, 5.74) is 0.278. The van der Waals surface area contributed by atoms with E-state index >= 15 is 0 Å². The molecular formula is C18H24N2O5. The lowest BCUT2D eigenvalue weighted by Gasteiger charge is -2.20. The fourth-order valence-corrected chi connectivity index (χ4v) is 2.34. The lowest BCUT2D eigenvalue weighted by Crippen LogP contribution is -2.45. The van der Waals surface area contributed by atoms with Gasteiger partial charge in [0.05, 0.1) is 13.7 Å². The molecule has 0 unspecified atom stereocenters. The fraction of sp³-hybridized carbons (Fsp3) is 0.500. The fourth-order valence-electron chi connectivity index (χ4n) is 2.34. The van der Waals surface area contributed by atoms with Crippen molar-refractivity contribution >= 4 is 18.0 Å². The number of nitrogens with one attached hydrogen (secondary N) is 1. The Kier molecular flexibility index (Phi) is 5.66. The quantitative estimate of drug-likeness (QED) is 0.644. The summed E-state index contributed by atoms with van der Waals surface area (Å²) in [5, 5.41) is 2.66. The van der Waals surface area contributed by atoms with Gasteiger partial charge in [0.25, 0.3) is 0 Å². The van der Waals surface area contributed by atoms with Crippen molar-refractivity contribution in [2.45, 2.75) is 44.9 Å². The van der Waals surface area contributed by atoms with Crippen LogP contribution in [0.3, 0.4) is 0 Å². The summed E-state index contributed by atoms with van der Waals surface area (Å²) in [4.78, 5) is 37.5. The molecular weight excluding hydrogens is 324 g/mol. The smallest absolute Gasteiger partial charge is 0.411 e. The van der Waals surface area contributed by atoms with Gasteiger partial charge in [0.15, 0.2) is 0 Å². The predicted octanol–water partition coefficient (Wildman–Crippen LogP) is 1.51. The number of hydrogen-bond donors (Lipinski definition) is 1. The molecule has 1 aliphatic rings. The lowest BCUT2D eigenvalue weighted by atomic mass is 10.1. The van der Waals surface area contributed by atoms with Gasteiger partial charge in [-0.15, -0.1) is 0 Å². The van der Waals surface area contributed by atoms with Crippen LogP contribution in [0.2, 0.25) is 0 Å². The van der Waals surface area contributed by atoms with Gasteiger partial charge < -0.3 is 14.8 Å². The van der Waals surface area contributed by atoms with E-state index in [1.165, 1.54) is 12.0 Å². The average molecular weight is 348 g/mol. The molecule has 1 saturated heterocycles. The van der Waals surface area contributed by atoms with Crippen molar-refractivity contribution in [3.63, 3.8) is 0 Å². The molecule has 1 N–H and O–H groups in total. The number of amides is 2. The first-order valence-electron chi connectivity index (χ1n) is 8.13. The van der Waals surface area contributed by atoms with Crippen LogP contribution in [0.5, 0.6) is 0 Å². The molecule has 136 valence electrons. The van der Waals surface area contributed by atoms with Crippen molar-refractivity contribution in [2.75, 3.05) is 13.7 Å². The number of benzene rings is 1. The van der Waals surface area contributed by atoms with Crippen molar-refractivity contribution in [3.05, 3.63) is 35.9 Å². The van der Waals surface area contributed by atoms with E-state index in [2.05, 4.69) is 5.32 Å². The van der Waals surface area contributed by atoms with Gasteiger partial charge in [-0.3, -0.25) is 9.69 Å². The molecule has 0 radical (unpaired) electrons. The third-order valence-corrected chi connectivity index (χ3v) is 3.63. The van der Waals surface area contributed by atoms with E-state index in [1.54, 1.807) is 20.8 Å². The highest BCUT2D eigenvalue weighted by atomic mass is 16.6. The Hall–Kier alpha value is -2.57. The van der Waals surface area contributed by atoms with E-state index in [1.807, 2.05) is 30.3 Å². The van der Waals surface area contributed by atoms with Crippen LogP contribution in [0.4, 0.5) is 4.79 Å². The molecule has 1 aromatic rings. The number of nitrogens with zero attached hydrogens (tertiary/aromatic N) is 1. The lowest BCUT2D eigenvalue weighted by molar-refractivity contribution is -0.145. The van der Waals surface area contributed by atoms with Gasteiger partial charge in [0.2, 0.25) is 5.91 Å². The van der Waals surface area contributed by atoms with Gasteiger partial charge in [-0.05, 0) is 26.3 Å². The van der Waals surface area contributed by atoms with Crippen LogP contribution in [-0.2, 0) is 25.5 Å². The summed E-state index contributed by atoms with van der Waals surface area (Å²) in [6.07, 6.45) is -0.219. The van der Waals surface area contributed by atoms with Gasteiger partial charge in [-0.1, -0.05) is 30.3 Å². The maximum atomic E-state index is 12.3. The molecule has 2 atom stereocenters. The van der Waals surface area contributed by atoms with Crippen LogP contribution in [0.15, 0.2) is 30.3 Å². The van der Waals surface area contributed by atoms with Crippen LogP contribution in [0.1, 0.15) is 26.3 Å². The summed E-state index contributed by atoms with van der Waals surface area (Å²) >= 11 is 0. The summed E-state index contributed by atoms with van der Waals surface area (Å²) in [5.74, 6) is -0.918. The maximum Gasteiger partial charge on any atom is 0.411 e. The van der Waals surface area contributed by atoms with E-state index in [9.17, 15) is 14.4 Å². The third-order valence-electron chi connectivity index (χ3n) is 3.63. The first kappa shape index (κ1) is 18.8. The number of hydrogen-bond acceptors (Lipinski definition) is 5. The van der Waals surface area contributed by atoms with E-state index in [-0.39, 0.29) is 6.54 Å². The Morgan fingerprint density at radius 3 is 2.44 bits per heavy atom. The number of carbonyl (C=O) groups is 3. The standard InChI is InChI=1S/C18H24N2O5/c1-18(2,3)25-17(23)20-11-14(20)15(21)19-13(16(22)24-4)10-12-8-6-5-7-9-12/h5-9,13-14H,10-11H2,1-4H3,(H,19,21)/t13-,14-,20?/m0/s1. The summed E-state index contributed by atoms with van der Waals surface area (Å²) in [6.45, 7) is 5.56. The van der Waals surface area contributed by atoms with E-state index in [4.69, 9.17) is 9.47 Å². The number of methoxy groups -OCH3 is 1. The van der Waals surface area contributed by atoms with Crippen molar-refractivity contribution in [2.24, 2.45) is 0 Å². The highest BCUT2D eigenvalue weighted by molar-refractivity contribution is 5.93.